The number of hydrogen-bond donors (Lipinski definition) is 1. The van der Waals surface area contributed by atoms with Gasteiger partial charge in [0.15, 0.2) is 0 Å². The van der Waals surface area contributed by atoms with Crippen LogP contribution in [0.1, 0.15) is 28.9 Å². The molecule has 2 aromatic rings. The number of carbonyl (C=O) groups is 2. The predicted octanol–water partition coefficient (Wildman–Crippen LogP) is 3.20. The molecule has 0 aliphatic carbocycles. The Kier molecular flexibility index (Phi) is 6.30. The van der Waals surface area contributed by atoms with Crippen molar-refractivity contribution in [3.05, 3.63) is 74.8 Å². The average Bonchev–Trinajstić information content (AvgIpc) is 2.64. The Morgan fingerprint density at radius 1 is 1.23 bits per heavy atom. The Morgan fingerprint density at radius 2 is 1.92 bits per heavy atom. The van der Waals surface area contributed by atoms with Crippen molar-refractivity contribution in [1.29, 1.82) is 0 Å². The molecule has 0 fully saturated rings. The van der Waals surface area contributed by atoms with E-state index in [1.54, 1.807) is 44.3 Å². The average molecular weight is 376 g/mol. The second kappa shape index (κ2) is 8.44. The number of likely N-dealkylation sites (N-methyl/N-ethyl adjacent to an activating group) is 1. The molecular formula is C18H18ClN3O4. The Bertz CT molecular complexity index is 841. The molecule has 0 unspecified atom stereocenters. The van der Waals surface area contributed by atoms with Crippen molar-refractivity contribution in [3.63, 3.8) is 0 Å². The highest BCUT2D eigenvalue weighted by atomic mass is 35.5. The van der Waals surface area contributed by atoms with Gasteiger partial charge >= 0.3 is 0 Å². The lowest BCUT2D eigenvalue weighted by molar-refractivity contribution is -0.384. The SMILES string of the molecule is C[C@H](c1cccc([N+](=O)[O-])c1)N(C)C(=O)CNC(=O)c1cccc(Cl)c1. The highest BCUT2D eigenvalue weighted by Gasteiger charge is 2.20. The fourth-order valence-electron chi connectivity index (χ4n) is 2.35. The van der Waals surface area contributed by atoms with Crippen molar-refractivity contribution >= 4 is 29.1 Å². The zero-order valence-corrected chi connectivity index (χ0v) is 15.1. The molecule has 2 aromatic carbocycles. The van der Waals surface area contributed by atoms with Gasteiger partial charge in [0.2, 0.25) is 5.91 Å². The summed E-state index contributed by atoms with van der Waals surface area (Å²) in [6, 6.07) is 12.1. The van der Waals surface area contributed by atoms with Crippen molar-refractivity contribution in [2.75, 3.05) is 13.6 Å². The molecule has 0 heterocycles. The first-order valence-electron chi connectivity index (χ1n) is 7.83. The molecule has 26 heavy (non-hydrogen) atoms. The highest BCUT2D eigenvalue weighted by Crippen LogP contribution is 2.23. The van der Waals surface area contributed by atoms with Gasteiger partial charge in [-0.1, -0.05) is 29.8 Å². The third-order valence-electron chi connectivity index (χ3n) is 4.02. The van der Waals surface area contributed by atoms with E-state index >= 15 is 0 Å². The lowest BCUT2D eigenvalue weighted by atomic mass is 10.1. The molecule has 0 aliphatic rings. The zero-order chi connectivity index (χ0) is 19.3. The maximum absolute atomic E-state index is 12.3. The third kappa shape index (κ3) is 4.80. The summed E-state index contributed by atoms with van der Waals surface area (Å²) in [5, 5.41) is 13.9. The predicted molar refractivity (Wildman–Crippen MR) is 98.1 cm³/mol. The number of amides is 2. The van der Waals surface area contributed by atoms with Crippen LogP contribution < -0.4 is 5.32 Å². The van der Waals surface area contributed by atoms with Gasteiger partial charge in [0.25, 0.3) is 11.6 Å². The van der Waals surface area contributed by atoms with E-state index in [-0.39, 0.29) is 24.2 Å². The molecule has 0 radical (unpaired) electrons. The fraction of sp³-hybridized carbons (Fsp3) is 0.222. The van der Waals surface area contributed by atoms with Crippen molar-refractivity contribution in [2.45, 2.75) is 13.0 Å². The number of hydrogen-bond acceptors (Lipinski definition) is 4. The normalized spacial score (nSPS) is 11.5. The Balaban J connectivity index is 1.99. The summed E-state index contributed by atoms with van der Waals surface area (Å²) in [5.74, 6) is -0.725. The Labute approximate surface area is 155 Å². The van der Waals surface area contributed by atoms with Crippen molar-refractivity contribution in [1.82, 2.24) is 10.2 Å². The first kappa shape index (κ1) is 19.4. The molecule has 0 spiro atoms. The number of halogens is 1. The molecule has 0 saturated carbocycles. The number of nitrogens with one attached hydrogen (secondary N) is 1. The van der Waals surface area contributed by atoms with E-state index in [1.165, 1.54) is 23.1 Å². The van der Waals surface area contributed by atoms with E-state index in [9.17, 15) is 19.7 Å². The van der Waals surface area contributed by atoms with Crippen LogP contribution in [0.5, 0.6) is 0 Å². The second-order valence-electron chi connectivity index (χ2n) is 5.73. The van der Waals surface area contributed by atoms with E-state index in [4.69, 9.17) is 11.6 Å². The number of nitrogens with zero attached hydrogens (tertiary/aromatic N) is 2. The van der Waals surface area contributed by atoms with Gasteiger partial charge in [-0.15, -0.1) is 0 Å². The summed E-state index contributed by atoms with van der Waals surface area (Å²) >= 11 is 5.84. The molecule has 1 N–H and O–H groups in total. The van der Waals surface area contributed by atoms with Crippen LogP contribution in [-0.2, 0) is 4.79 Å². The molecule has 2 amide bonds. The van der Waals surface area contributed by atoms with Gasteiger partial charge in [-0.2, -0.15) is 0 Å². The van der Waals surface area contributed by atoms with E-state index in [0.717, 1.165) is 0 Å². The molecule has 7 nitrogen and oxygen atoms in total. The van der Waals surface area contributed by atoms with Crippen LogP contribution in [0, 0.1) is 10.1 Å². The molecule has 0 aliphatic heterocycles. The minimum atomic E-state index is -0.483. The van der Waals surface area contributed by atoms with Gasteiger partial charge in [-0.25, -0.2) is 0 Å². The summed E-state index contributed by atoms with van der Waals surface area (Å²) in [7, 11) is 1.58. The summed E-state index contributed by atoms with van der Waals surface area (Å²) in [4.78, 5) is 36.2. The minimum absolute atomic E-state index is 0.0375. The summed E-state index contributed by atoms with van der Waals surface area (Å²) in [6.07, 6.45) is 0. The summed E-state index contributed by atoms with van der Waals surface area (Å²) < 4.78 is 0. The van der Waals surface area contributed by atoms with Crippen LogP contribution in [0.25, 0.3) is 0 Å². The van der Waals surface area contributed by atoms with Crippen molar-refractivity contribution in [2.24, 2.45) is 0 Å². The molecule has 1 atom stereocenters. The highest BCUT2D eigenvalue weighted by molar-refractivity contribution is 6.30. The summed E-state index contributed by atoms with van der Waals surface area (Å²) in [6.45, 7) is 1.57. The van der Waals surface area contributed by atoms with Gasteiger partial charge in [0, 0.05) is 29.8 Å². The topological polar surface area (TPSA) is 92.6 Å². The standard InChI is InChI=1S/C18H18ClN3O4/c1-12(13-5-4-8-16(10-13)22(25)26)21(2)17(23)11-20-18(24)14-6-3-7-15(19)9-14/h3-10,12H,11H2,1-2H3,(H,20,24)/t12-/m1/s1. The number of non-ortho nitro benzene ring substituents is 1. The van der Waals surface area contributed by atoms with Crippen LogP contribution in [0.15, 0.2) is 48.5 Å². The van der Waals surface area contributed by atoms with Gasteiger partial charge in [-0.05, 0) is 30.7 Å². The van der Waals surface area contributed by atoms with Crippen molar-refractivity contribution in [3.8, 4) is 0 Å². The maximum Gasteiger partial charge on any atom is 0.269 e. The van der Waals surface area contributed by atoms with Gasteiger partial charge in [0.1, 0.15) is 0 Å². The second-order valence-corrected chi connectivity index (χ2v) is 6.16. The van der Waals surface area contributed by atoms with Crippen LogP contribution in [0.3, 0.4) is 0 Å². The Hall–Kier alpha value is -2.93. The lowest BCUT2D eigenvalue weighted by Gasteiger charge is -2.25. The first-order chi connectivity index (χ1) is 12.3. The third-order valence-corrected chi connectivity index (χ3v) is 4.26. The monoisotopic (exact) mass is 375 g/mol. The van der Waals surface area contributed by atoms with Crippen LogP contribution in [0.4, 0.5) is 5.69 Å². The lowest BCUT2D eigenvalue weighted by Crippen LogP contribution is -2.39. The summed E-state index contributed by atoms with van der Waals surface area (Å²) in [5.41, 5.74) is 0.959. The molecule has 0 bridgehead atoms. The van der Waals surface area contributed by atoms with Crippen molar-refractivity contribution < 1.29 is 14.5 Å². The Morgan fingerprint density at radius 3 is 2.58 bits per heavy atom. The number of rotatable bonds is 6. The molecule has 8 heteroatoms. The van der Waals surface area contributed by atoms with Crippen LogP contribution in [0.2, 0.25) is 5.02 Å². The largest absolute Gasteiger partial charge is 0.343 e. The van der Waals surface area contributed by atoms with E-state index < -0.39 is 10.8 Å². The van der Waals surface area contributed by atoms with Crippen LogP contribution in [-0.4, -0.2) is 35.2 Å². The molecule has 2 rings (SSSR count). The van der Waals surface area contributed by atoms with E-state index in [0.29, 0.717) is 16.1 Å². The number of nitro groups is 1. The first-order valence-corrected chi connectivity index (χ1v) is 8.21. The van der Waals surface area contributed by atoms with E-state index in [2.05, 4.69) is 5.32 Å². The zero-order valence-electron chi connectivity index (χ0n) is 14.3. The number of benzene rings is 2. The molecule has 0 aromatic heterocycles. The smallest absolute Gasteiger partial charge is 0.269 e. The number of nitro benzene ring substituents is 1. The number of carbonyl (C=O) groups excluding carboxylic acids is 2. The molecule has 0 saturated heterocycles. The molecule has 136 valence electrons. The minimum Gasteiger partial charge on any atom is -0.343 e. The van der Waals surface area contributed by atoms with Gasteiger partial charge in [0.05, 0.1) is 17.5 Å². The molecular weight excluding hydrogens is 358 g/mol. The van der Waals surface area contributed by atoms with E-state index in [1.807, 2.05) is 0 Å². The maximum atomic E-state index is 12.3. The van der Waals surface area contributed by atoms with Gasteiger partial charge < -0.3 is 10.2 Å². The van der Waals surface area contributed by atoms with Crippen LogP contribution >= 0.6 is 11.6 Å². The van der Waals surface area contributed by atoms with Gasteiger partial charge in [-0.3, -0.25) is 19.7 Å². The fourth-order valence-corrected chi connectivity index (χ4v) is 2.54. The quantitative estimate of drug-likeness (QED) is 0.619.